The first-order valence-electron chi connectivity index (χ1n) is 5.28. The van der Waals surface area contributed by atoms with Gasteiger partial charge in [0, 0.05) is 11.8 Å². The molecule has 0 saturated heterocycles. The van der Waals surface area contributed by atoms with Crippen LogP contribution in [0.15, 0.2) is 30.6 Å². The monoisotopic (exact) mass is 262 g/mol. The molecule has 92 valence electrons. The Balaban J connectivity index is 2.37. The topological polar surface area (TPSA) is 52.1 Å². The van der Waals surface area contributed by atoms with E-state index in [1.54, 1.807) is 24.4 Å². The molecule has 1 heterocycles. The summed E-state index contributed by atoms with van der Waals surface area (Å²) in [6.07, 6.45) is 3.01. The fraction of sp³-hybridized carbons (Fsp3) is 0.154. The zero-order chi connectivity index (χ0) is 13.1. The zero-order valence-corrected chi connectivity index (χ0v) is 10.7. The molecule has 2 rings (SSSR count). The predicted molar refractivity (Wildman–Crippen MR) is 68.2 cm³/mol. The van der Waals surface area contributed by atoms with Crippen LogP contribution in [-0.4, -0.2) is 22.9 Å². The number of ether oxygens (including phenoxy) is 1. The second kappa shape index (κ2) is 5.14. The summed E-state index contributed by atoms with van der Waals surface area (Å²) in [4.78, 5) is 20.2. The van der Waals surface area contributed by atoms with Gasteiger partial charge in [-0.25, -0.2) is 4.98 Å². The summed E-state index contributed by atoms with van der Waals surface area (Å²) < 4.78 is 5.07. The van der Waals surface area contributed by atoms with Crippen molar-refractivity contribution < 1.29 is 9.53 Å². The highest BCUT2D eigenvalue weighted by molar-refractivity contribution is 6.32. The molecule has 18 heavy (non-hydrogen) atoms. The van der Waals surface area contributed by atoms with Gasteiger partial charge in [0.1, 0.15) is 11.4 Å². The van der Waals surface area contributed by atoms with Crippen LogP contribution >= 0.6 is 11.6 Å². The Kier molecular flexibility index (Phi) is 3.58. The summed E-state index contributed by atoms with van der Waals surface area (Å²) in [5.74, 6) is 0.250. The maximum Gasteiger partial charge on any atom is 0.213 e. The van der Waals surface area contributed by atoms with E-state index in [-0.39, 0.29) is 5.78 Å². The third-order valence-electron chi connectivity index (χ3n) is 2.43. The average molecular weight is 263 g/mol. The molecule has 0 saturated carbocycles. The second-order valence-electron chi connectivity index (χ2n) is 3.72. The van der Waals surface area contributed by atoms with Gasteiger partial charge in [-0.1, -0.05) is 11.6 Å². The molecule has 0 radical (unpaired) electrons. The summed E-state index contributed by atoms with van der Waals surface area (Å²) in [6.45, 7) is 1.81. The smallest absolute Gasteiger partial charge is 0.213 e. The van der Waals surface area contributed by atoms with Crippen LogP contribution in [0.3, 0.4) is 0 Å². The summed E-state index contributed by atoms with van der Waals surface area (Å²) in [5.41, 5.74) is 1.53. The van der Waals surface area contributed by atoms with Crippen molar-refractivity contribution in [1.82, 2.24) is 9.97 Å². The standard InChI is InChI=1S/C13H11ClN2O2/c1-8-6-16-11(7-15-8)13(17)9-3-4-10(14)12(5-9)18-2/h3-7H,1-2H3. The Morgan fingerprint density at radius 3 is 2.67 bits per heavy atom. The first-order valence-corrected chi connectivity index (χ1v) is 5.66. The van der Waals surface area contributed by atoms with Crippen LogP contribution in [0.5, 0.6) is 5.75 Å². The molecule has 1 aromatic heterocycles. The van der Waals surface area contributed by atoms with Crippen LogP contribution < -0.4 is 4.74 Å². The molecule has 5 heteroatoms. The van der Waals surface area contributed by atoms with Gasteiger partial charge in [-0.05, 0) is 25.1 Å². The maximum atomic E-state index is 12.1. The Labute approximate surface area is 110 Å². The average Bonchev–Trinajstić information content (AvgIpc) is 2.39. The quantitative estimate of drug-likeness (QED) is 0.798. The van der Waals surface area contributed by atoms with Crippen LogP contribution in [-0.2, 0) is 0 Å². The molecule has 0 spiro atoms. The van der Waals surface area contributed by atoms with Gasteiger partial charge in [0.05, 0.1) is 24.0 Å². The minimum Gasteiger partial charge on any atom is -0.495 e. The molecule has 2 aromatic rings. The van der Waals surface area contributed by atoms with Crippen molar-refractivity contribution in [2.75, 3.05) is 7.11 Å². The second-order valence-corrected chi connectivity index (χ2v) is 4.13. The minimum absolute atomic E-state index is 0.211. The first kappa shape index (κ1) is 12.5. The number of aromatic nitrogens is 2. The van der Waals surface area contributed by atoms with Gasteiger partial charge in [-0.3, -0.25) is 9.78 Å². The Hall–Kier alpha value is -1.94. The molecule has 0 unspecified atom stereocenters. The van der Waals surface area contributed by atoms with Crippen molar-refractivity contribution in [3.63, 3.8) is 0 Å². The van der Waals surface area contributed by atoms with E-state index in [4.69, 9.17) is 16.3 Å². The third kappa shape index (κ3) is 2.49. The number of hydrogen-bond acceptors (Lipinski definition) is 4. The number of halogens is 1. The summed E-state index contributed by atoms with van der Waals surface area (Å²) in [6, 6.07) is 4.84. The zero-order valence-electron chi connectivity index (χ0n) is 9.98. The SMILES string of the molecule is COc1cc(C(=O)c2cnc(C)cn2)ccc1Cl. The number of nitrogens with zero attached hydrogens (tertiary/aromatic N) is 2. The van der Waals surface area contributed by atoms with E-state index in [0.29, 0.717) is 22.0 Å². The number of methoxy groups -OCH3 is 1. The van der Waals surface area contributed by atoms with Crippen molar-refractivity contribution in [3.8, 4) is 5.75 Å². The molecule has 0 amide bonds. The van der Waals surface area contributed by atoms with Gasteiger partial charge in [0.25, 0.3) is 0 Å². The lowest BCUT2D eigenvalue weighted by Gasteiger charge is -2.05. The van der Waals surface area contributed by atoms with Crippen molar-refractivity contribution in [2.24, 2.45) is 0 Å². The van der Waals surface area contributed by atoms with Crippen LogP contribution in [0, 0.1) is 6.92 Å². The summed E-state index contributed by atoms with van der Waals surface area (Å²) in [5, 5.41) is 0.462. The number of carbonyl (C=O) groups is 1. The number of ketones is 1. The summed E-state index contributed by atoms with van der Waals surface area (Å²) in [7, 11) is 1.50. The molecule has 1 aromatic carbocycles. The first-order chi connectivity index (χ1) is 8.61. The number of rotatable bonds is 3. The van der Waals surface area contributed by atoms with E-state index >= 15 is 0 Å². The number of hydrogen-bond donors (Lipinski definition) is 0. The van der Waals surface area contributed by atoms with E-state index < -0.39 is 0 Å². The maximum absolute atomic E-state index is 12.1. The Bertz CT molecular complexity index is 582. The molecule has 0 atom stereocenters. The van der Waals surface area contributed by atoms with E-state index in [2.05, 4.69) is 9.97 Å². The van der Waals surface area contributed by atoms with Crippen molar-refractivity contribution >= 4 is 17.4 Å². The van der Waals surface area contributed by atoms with E-state index in [1.165, 1.54) is 13.3 Å². The van der Waals surface area contributed by atoms with E-state index in [9.17, 15) is 4.79 Å². The highest BCUT2D eigenvalue weighted by Gasteiger charge is 2.13. The molecular weight excluding hydrogens is 252 g/mol. The number of carbonyl (C=O) groups excluding carboxylic acids is 1. The summed E-state index contributed by atoms with van der Waals surface area (Å²) >= 11 is 5.90. The van der Waals surface area contributed by atoms with Crippen molar-refractivity contribution in [2.45, 2.75) is 6.92 Å². The fourth-order valence-corrected chi connectivity index (χ4v) is 1.65. The molecular formula is C13H11ClN2O2. The van der Waals surface area contributed by atoms with Crippen molar-refractivity contribution in [1.29, 1.82) is 0 Å². The van der Waals surface area contributed by atoms with Gasteiger partial charge in [-0.2, -0.15) is 0 Å². The van der Waals surface area contributed by atoms with Gasteiger partial charge in [0.2, 0.25) is 5.78 Å². The highest BCUT2D eigenvalue weighted by Crippen LogP contribution is 2.25. The number of aryl methyl sites for hydroxylation is 1. The normalized spacial score (nSPS) is 10.2. The van der Waals surface area contributed by atoms with Crippen LogP contribution in [0.25, 0.3) is 0 Å². The minimum atomic E-state index is -0.211. The lowest BCUT2D eigenvalue weighted by Crippen LogP contribution is -2.05. The van der Waals surface area contributed by atoms with Crippen LogP contribution in [0.1, 0.15) is 21.7 Å². The van der Waals surface area contributed by atoms with Crippen LogP contribution in [0.4, 0.5) is 0 Å². The molecule has 4 nitrogen and oxygen atoms in total. The lowest BCUT2D eigenvalue weighted by atomic mass is 10.1. The van der Waals surface area contributed by atoms with E-state index in [1.807, 2.05) is 6.92 Å². The van der Waals surface area contributed by atoms with Crippen molar-refractivity contribution in [3.05, 3.63) is 52.6 Å². The number of benzene rings is 1. The predicted octanol–water partition coefficient (Wildman–Crippen LogP) is 2.68. The third-order valence-corrected chi connectivity index (χ3v) is 2.74. The highest BCUT2D eigenvalue weighted by atomic mass is 35.5. The van der Waals surface area contributed by atoms with Crippen LogP contribution in [0.2, 0.25) is 5.02 Å². The Morgan fingerprint density at radius 2 is 2.06 bits per heavy atom. The van der Waals surface area contributed by atoms with Gasteiger partial charge in [-0.15, -0.1) is 0 Å². The lowest BCUT2D eigenvalue weighted by molar-refractivity contribution is 0.103. The fourth-order valence-electron chi connectivity index (χ4n) is 1.46. The molecule has 0 bridgehead atoms. The molecule has 0 aliphatic rings. The molecule has 0 N–H and O–H groups in total. The molecule has 0 fully saturated rings. The molecule has 0 aliphatic heterocycles. The largest absolute Gasteiger partial charge is 0.495 e. The Morgan fingerprint density at radius 1 is 1.28 bits per heavy atom. The van der Waals surface area contributed by atoms with Gasteiger partial charge < -0.3 is 4.74 Å². The van der Waals surface area contributed by atoms with E-state index in [0.717, 1.165) is 5.69 Å². The molecule has 0 aliphatic carbocycles. The van der Waals surface area contributed by atoms with Gasteiger partial charge in [0.15, 0.2) is 0 Å². The van der Waals surface area contributed by atoms with Gasteiger partial charge >= 0.3 is 0 Å².